The summed E-state index contributed by atoms with van der Waals surface area (Å²) < 4.78 is 0. The molecule has 0 spiro atoms. The summed E-state index contributed by atoms with van der Waals surface area (Å²) in [6, 6.07) is -4.51. The third kappa shape index (κ3) is 8.54. The summed E-state index contributed by atoms with van der Waals surface area (Å²) in [5.74, 6) is -5.49. The van der Waals surface area contributed by atoms with E-state index < -0.39 is 72.1 Å². The van der Waals surface area contributed by atoms with Crippen molar-refractivity contribution in [3.8, 4) is 0 Å². The number of amides is 4. The second kappa shape index (κ2) is 14.1. The van der Waals surface area contributed by atoms with E-state index in [1.165, 1.54) is 17.4 Å². The Bertz CT molecular complexity index is 1010. The fourth-order valence-electron chi connectivity index (χ4n) is 4.14. The lowest BCUT2D eigenvalue weighted by Gasteiger charge is -2.30. The lowest BCUT2D eigenvalue weighted by atomic mass is 10.0. The van der Waals surface area contributed by atoms with Crippen molar-refractivity contribution in [2.45, 2.75) is 70.1 Å². The van der Waals surface area contributed by atoms with Crippen LogP contribution in [0.25, 0.3) is 0 Å². The Morgan fingerprint density at radius 3 is 2.39 bits per heavy atom. The lowest BCUT2D eigenvalue weighted by molar-refractivity contribution is -0.144. The quantitative estimate of drug-likeness (QED) is 0.137. The van der Waals surface area contributed by atoms with Gasteiger partial charge in [0.1, 0.15) is 24.2 Å². The van der Waals surface area contributed by atoms with E-state index in [2.05, 4.69) is 25.9 Å². The summed E-state index contributed by atoms with van der Waals surface area (Å²) in [5, 5.41) is 25.6. The van der Waals surface area contributed by atoms with Gasteiger partial charge < -0.3 is 41.8 Å². The standard InChI is InChI=1S/C23H35N7O8/c1-12(2)19(21(35)28-14(23(37)38)5-6-18(32)33)29-20(34)16-4-3-7-30(16)22(36)15(27-17(31)9-24)8-13-10-25-11-26-13/h10-12,14-16,19H,3-9,24H2,1-2H3,(H,25,26)(H,27,31)(H,28,35)(H,29,34)(H,32,33)(H,37,38)/t14-,15-,16-,19-/m0/s1. The Hall–Kier alpha value is -4.01. The molecule has 0 bridgehead atoms. The molecule has 38 heavy (non-hydrogen) atoms. The first-order valence-corrected chi connectivity index (χ1v) is 12.3. The Kier molecular flexibility index (Phi) is 11.2. The number of nitrogens with zero attached hydrogens (tertiary/aromatic N) is 2. The van der Waals surface area contributed by atoms with Gasteiger partial charge in [0.2, 0.25) is 23.6 Å². The zero-order valence-electron chi connectivity index (χ0n) is 21.3. The molecule has 15 nitrogen and oxygen atoms in total. The Morgan fingerprint density at radius 1 is 1.13 bits per heavy atom. The van der Waals surface area contributed by atoms with E-state index in [1.807, 2.05) is 0 Å². The Morgan fingerprint density at radius 2 is 1.84 bits per heavy atom. The van der Waals surface area contributed by atoms with Crippen molar-refractivity contribution in [1.82, 2.24) is 30.8 Å². The van der Waals surface area contributed by atoms with Gasteiger partial charge in [-0.25, -0.2) is 9.78 Å². The molecule has 0 radical (unpaired) electrons. The minimum absolute atomic E-state index is 0.0966. The number of carbonyl (C=O) groups excluding carboxylic acids is 4. The van der Waals surface area contributed by atoms with E-state index in [4.69, 9.17) is 10.8 Å². The maximum Gasteiger partial charge on any atom is 0.326 e. The molecule has 4 amide bonds. The van der Waals surface area contributed by atoms with Gasteiger partial charge in [-0.1, -0.05) is 13.8 Å². The van der Waals surface area contributed by atoms with E-state index in [9.17, 15) is 33.9 Å². The number of carboxylic acids is 2. The van der Waals surface area contributed by atoms with Crippen LogP contribution < -0.4 is 21.7 Å². The minimum Gasteiger partial charge on any atom is -0.481 e. The number of hydrogen-bond acceptors (Lipinski definition) is 8. The van der Waals surface area contributed by atoms with Crippen molar-refractivity contribution in [3.63, 3.8) is 0 Å². The van der Waals surface area contributed by atoms with Gasteiger partial charge in [-0.15, -0.1) is 0 Å². The second-order valence-electron chi connectivity index (χ2n) is 9.36. The summed E-state index contributed by atoms with van der Waals surface area (Å²) in [5.41, 5.74) is 5.99. The molecule has 1 aromatic heterocycles. The molecular formula is C23H35N7O8. The summed E-state index contributed by atoms with van der Waals surface area (Å²) in [7, 11) is 0. The first-order chi connectivity index (χ1) is 17.9. The van der Waals surface area contributed by atoms with Crippen LogP contribution in [0.5, 0.6) is 0 Å². The largest absolute Gasteiger partial charge is 0.481 e. The molecule has 0 aliphatic carbocycles. The van der Waals surface area contributed by atoms with E-state index in [0.29, 0.717) is 18.5 Å². The maximum atomic E-state index is 13.4. The smallest absolute Gasteiger partial charge is 0.326 e. The number of carbonyl (C=O) groups is 6. The topological polar surface area (TPSA) is 237 Å². The van der Waals surface area contributed by atoms with Gasteiger partial charge in [0.15, 0.2) is 0 Å². The lowest BCUT2D eigenvalue weighted by Crippen LogP contribution is -2.59. The third-order valence-electron chi connectivity index (χ3n) is 6.14. The number of hydrogen-bond donors (Lipinski definition) is 7. The molecular weight excluding hydrogens is 502 g/mol. The molecule has 0 unspecified atom stereocenters. The van der Waals surface area contributed by atoms with Crippen LogP contribution in [-0.4, -0.2) is 97.9 Å². The number of H-pyrrole nitrogens is 1. The molecule has 15 heteroatoms. The highest BCUT2D eigenvalue weighted by molar-refractivity contribution is 5.95. The van der Waals surface area contributed by atoms with E-state index in [0.717, 1.165) is 0 Å². The van der Waals surface area contributed by atoms with Gasteiger partial charge in [0.25, 0.3) is 0 Å². The summed E-state index contributed by atoms with van der Waals surface area (Å²) in [6.07, 6.45) is 3.08. The van der Waals surface area contributed by atoms with Crippen LogP contribution in [0, 0.1) is 5.92 Å². The normalized spacial score (nSPS) is 17.4. The van der Waals surface area contributed by atoms with Crippen LogP contribution in [-0.2, 0) is 35.2 Å². The molecule has 2 heterocycles. The number of aromatic nitrogens is 2. The predicted molar refractivity (Wildman–Crippen MR) is 131 cm³/mol. The van der Waals surface area contributed by atoms with E-state index in [1.54, 1.807) is 13.8 Å². The van der Waals surface area contributed by atoms with Gasteiger partial charge in [-0.3, -0.25) is 24.0 Å². The zero-order chi connectivity index (χ0) is 28.4. The van der Waals surface area contributed by atoms with Gasteiger partial charge in [0.05, 0.1) is 12.9 Å². The first-order valence-electron chi connectivity index (χ1n) is 12.3. The monoisotopic (exact) mass is 537 g/mol. The average Bonchev–Trinajstić information content (AvgIpc) is 3.55. The highest BCUT2D eigenvalue weighted by atomic mass is 16.4. The number of likely N-dealkylation sites (tertiary alicyclic amines) is 1. The average molecular weight is 538 g/mol. The van der Waals surface area contributed by atoms with Crippen molar-refractivity contribution in [1.29, 1.82) is 0 Å². The summed E-state index contributed by atoms with van der Waals surface area (Å²) in [6.45, 7) is 3.23. The highest BCUT2D eigenvalue weighted by Crippen LogP contribution is 2.20. The molecule has 1 fully saturated rings. The van der Waals surface area contributed by atoms with Crippen LogP contribution >= 0.6 is 0 Å². The Balaban J connectivity index is 2.14. The second-order valence-corrected chi connectivity index (χ2v) is 9.36. The first kappa shape index (κ1) is 30.2. The third-order valence-corrected chi connectivity index (χ3v) is 6.14. The van der Waals surface area contributed by atoms with Crippen LogP contribution in [0.4, 0.5) is 0 Å². The number of carboxylic acid groups (broad SMARTS) is 2. The molecule has 210 valence electrons. The summed E-state index contributed by atoms with van der Waals surface area (Å²) >= 11 is 0. The number of aliphatic carboxylic acids is 2. The van der Waals surface area contributed by atoms with Gasteiger partial charge in [0, 0.05) is 31.3 Å². The van der Waals surface area contributed by atoms with E-state index in [-0.39, 0.29) is 25.9 Å². The maximum absolute atomic E-state index is 13.4. The van der Waals surface area contributed by atoms with Crippen molar-refractivity contribution < 1.29 is 39.0 Å². The van der Waals surface area contributed by atoms with Crippen LogP contribution in [0.1, 0.15) is 45.2 Å². The van der Waals surface area contributed by atoms with E-state index >= 15 is 0 Å². The van der Waals surface area contributed by atoms with Gasteiger partial charge in [-0.2, -0.15) is 0 Å². The number of nitrogens with one attached hydrogen (secondary N) is 4. The van der Waals surface area contributed by atoms with Gasteiger partial charge >= 0.3 is 11.9 Å². The number of imidazole rings is 1. The van der Waals surface area contributed by atoms with Crippen molar-refractivity contribution >= 4 is 35.6 Å². The van der Waals surface area contributed by atoms with Gasteiger partial charge in [-0.05, 0) is 25.2 Å². The fourth-order valence-corrected chi connectivity index (χ4v) is 4.14. The molecule has 0 saturated carbocycles. The SMILES string of the molecule is CC(C)[C@H](NC(=O)[C@@H]1CCCN1C(=O)[C@H](Cc1cnc[nH]1)NC(=O)CN)C(=O)N[C@@H](CCC(=O)O)C(=O)O. The zero-order valence-corrected chi connectivity index (χ0v) is 21.3. The fraction of sp³-hybridized carbons (Fsp3) is 0.609. The molecule has 4 atom stereocenters. The molecule has 1 aliphatic rings. The van der Waals surface area contributed by atoms with Crippen molar-refractivity contribution in [2.24, 2.45) is 11.7 Å². The van der Waals surface area contributed by atoms with Crippen LogP contribution in [0.2, 0.25) is 0 Å². The van der Waals surface area contributed by atoms with Crippen molar-refractivity contribution in [3.05, 3.63) is 18.2 Å². The molecule has 0 aromatic carbocycles. The van der Waals surface area contributed by atoms with Crippen LogP contribution in [0.15, 0.2) is 12.5 Å². The molecule has 8 N–H and O–H groups in total. The Labute approximate surface area is 218 Å². The van der Waals surface area contributed by atoms with Crippen LogP contribution in [0.3, 0.4) is 0 Å². The van der Waals surface area contributed by atoms with Crippen molar-refractivity contribution in [2.75, 3.05) is 13.1 Å². The predicted octanol–water partition coefficient (Wildman–Crippen LogP) is -2.04. The molecule has 2 rings (SSSR count). The molecule has 1 aromatic rings. The number of rotatable bonds is 14. The minimum atomic E-state index is -1.45. The highest BCUT2D eigenvalue weighted by Gasteiger charge is 2.39. The number of nitrogens with two attached hydrogens (primary N) is 1. The molecule has 1 saturated heterocycles. The molecule has 1 aliphatic heterocycles. The number of aromatic amines is 1. The summed E-state index contributed by atoms with van der Waals surface area (Å²) in [4.78, 5) is 81.9.